The lowest BCUT2D eigenvalue weighted by Gasteiger charge is -2.38. The van der Waals surface area contributed by atoms with Crippen molar-refractivity contribution in [1.29, 1.82) is 0 Å². The highest BCUT2D eigenvalue weighted by atomic mass is 32.2. The smallest absolute Gasteiger partial charge is 0.251 e. The third kappa shape index (κ3) is 5.33. The van der Waals surface area contributed by atoms with Crippen LogP contribution in [0.4, 0.5) is 0 Å². The average molecular weight is 410 g/mol. The number of carbonyl (C=O) groups excluding carboxylic acids is 1. The lowest BCUT2D eigenvalue weighted by Crippen LogP contribution is -2.49. The van der Waals surface area contributed by atoms with Gasteiger partial charge in [0.05, 0.1) is 4.90 Å². The molecule has 1 heterocycles. The maximum atomic E-state index is 12.8. The van der Waals surface area contributed by atoms with Gasteiger partial charge in [0.2, 0.25) is 10.0 Å². The third-order valence-corrected chi connectivity index (χ3v) is 7.51. The minimum absolute atomic E-state index is 0.158. The van der Waals surface area contributed by atoms with Crippen LogP contribution in [-0.4, -0.2) is 51.9 Å². The zero-order valence-electron chi connectivity index (χ0n) is 18.0. The second-order valence-electron chi connectivity index (χ2n) is 8.36. The molecule has 1 amide bonds. The van der Waals surface area contributed by atoms with Crippen molar-refractivity contribution in [3.8, 4) is 0 Å². The summed E-state index contributed by atoms with van der Waals surface area (Å²) in [5.74, 6) is 0.960. The number of likely N-dealkylation sites (tertiary alicyclic amines) is 1. The van der Waals surface area contributed by atoms with Gasteiger partial charge in [-0.05, 0) is 81.9 Å². The number of nitrogens with one attached hydrogen (secondary N) is 2. The third-order valence-electron chi connectivity index (χ3n) is 5.97. The number of hydrogen-bond donors (Lipinski definition) is 2. The van der Waals surface area contributed by atoms with Crippen LogP contribution in [0.15, 0.2) is 17.0 Å². The first-order valence-corrected chi connectivity index (χ1v) is 11.6. The van der Waals surface area contributed by atoms with E-state index in [1.54, 1.807) is 13.0 Å². The second-order valence-corrected chi connectivity index (χ2v) is 10.2. The van der Waals surface area contributed by atoms with Gasteiger partial charge in [-0.1, -0.05) is 20.8 Å². The first-order chi connectivity index (χ1) is 13.1. The fourth-order valence-electron chi connectivity index (χ4n) is 3.79. The molecule has 1 aromatic rings. The highest BCUT2D eigenvalue weighted by molar-refractivity contribution is 7.89. The number of aryl methyl sites for hydroxylation is 1. The van der Waals surface area contributed by atoms with E-state index >= 15 is 0 Å². The molecule has 2 rings (SSSR count). The zero-order chi connectivity index (χ0) is 21.1. The SMILES string of the molecule is CNS(=O)(=O)c1cc(C(=O)NC[C@H](C(C)C)N2CCC(C)CC2)cc(C)c1C. The van der Waals surface area contributed by atoms with Gasteiger partial charge in [-0.2, -0.15) is 0 Å². The molecule has 158 valence electrons. The summed E-state index contributed by atoms with van der Waals surface area (Å²) < 4.78 is 26.9. The van der Waals surface area contributed by atoms with Gasteiger partial charge in [0.25, 0.3) is 5.91 Å². The lowest BCUT2D eigenvalue weighted by atomic mass is 9.94. The lowest BCUT2D eigenvalue weighted by molar-refractivity contribution is 0.0862. The van der Waals surface area contributed by atoms with Crippen LogP contribution in [0.25, 0.3) is 0 Å². The number of piperidine rings is 1. The Balaban J connectivity index is 2.15. The van der Waals surface area contributed by atoms with Gasteiger partial charge in [-0.3, -0.25) is 9.69 Å². The van der Waals surface area contributed by atoms with Crippen LogP contribution < -0.4 is 10.0 Å². The van der Waals surface area contributed by atoms with Crippen molar-refractivity contribution in [2.75, 3.05) is 26.7 Å². The van der Waals surface area contributed by atoms with E-state index in [0.29, 0.717) is 23.6 Å². The van der Waals surface area contributed by atoms with E-state index in [9.17, 15) is 13.2 Å². The Morgan fingerprint density at radius 3 is 2.36 bits per heavy atom. The Labute approximate surface area is 170 Å². The molecule has 1 fully saturated rings. The van der Waals surface area contributed by atoms with Crippen molar-refractivity contribution in [3.05, 3.63) is 28.8 Å². The van der Waals surface area contributed by atoms with Gasteiger partial charge in [0, 0.05) is 18.2 Å². The van der Waals surface area contributed by atoms with Crippen LogP contribution in [0.1, 0.15) is 55.1 Å². The normalized spacial score (nSPS) is 17.7. The van der Waals surface area contributed by atoms with Crippen LogP contribution in [0.5, 0.6) is 0 Å². The van der Waals surface area contributed by atoms with Crippen LogP contribution >= 0.6 is 0 Å². The summed E-state index contributed by atoms with van der Waals surface area (Å²) in [6, 6.07) is 3.51. The molecule has 0 spiro atoms. The van der Waals surface area contributed by atoms with Gasteiger partial charge >= 0.3 is 0 Å². The van der Waals surface area contributed by atoms with E-state index in [0.717, 1.165) is 24.6 Å². The zero-order valence-corrected chi connectivity index (χ0v) is 18.8. The molecule has 1 aliphatic heterocycles. The van der Waals surface area contributed by atoms with Crippen molar-refractivity contribution in [1.82, 2.24) is 14.9 Å². The molecule has 1 aromatic carbocycles. The molecular formula is C21H35N3O3S. The first-order valence-electron chi connectivity index (χ1n) is 10.1. The Bertz CT molecular complexity index is 797. The highest BCUT2D eigenvalue weighted by Gasteiger charge is 2.26. The number of benzene rings is 1. The molecule has 6 nitrogen and oxygen atoms in total. The van der Waals surface area contributed by atoms with Crippen LogP contribution in [-0.2, 0) is 10.0 Å². The largest absolute Gasteiger partial charge is 0.350 e. The number of rotatable bonds is 7. The Morgan fingerprint density at radius 1 is 1.21 bits per heavy atom. The van der Waals surface area contributed by atoms with Crippen molar-refractivity contribution < 1.29 is 13.2 Å². The molecule has 0 aliphatic carbocycles. The first kappa shape index (κ1) is 22.8. The van der Waals surface area contributed by atoms with Crippen molar-refractivity contribution in [2.24, 2.45) is 11.8 Å². The van der Waals surface area contributed by atoms with Gasteiger partial charge in [-0.25, -0.2) is 13.1 Å². The van der Waals surface area contributed by atoms with Crippen LogP contribution in [0.2, 0.25) is 0 Å². The predicted octanol–water partition coefficient (Wildman–Crippen LogP) is 2.70. The molecular weight excluding hydrogens is 374 g/mol. The Hall–Kier alpha value is -1.44. The molecule has 28 heavy (non-hydrogen) atoms. The van der Waals surface area contributed by atoms with E-state index < -0.39 is 10.0 Å². The van der Waals surface area contributed by atoms with Crippen molar-refractivity contribution in [2.45, 2.75) is 58.4 Å². The minimum atomic E-state index is -3.61. The summed E-state index contributed by atoms with van der Waals surface area (Å²) in [6.45, 7) is 12.9. The summed E-state index contributed by atoms with van der Waals surface area (Å²) in [6.07, 6.45) is 2.39. The standard InChI is InChI=1S/C21H35N3O3S/c1-14(2)19(24-9-7-15(3)8-10-24)13-23-21(25)18-11-16(4)17(5)20(12-18)28(26,27)22-6/h11-12,14-15,19,22H,7-10,13H2,1-6H3,(H,23,25)/t19-/m1/s1. The highest BCUT2D eigenvalue weighted by Crippen LogP contribution is 2.23. The minimum Gasteiger partial charge on any atom is -0.350 e. The fraction of sp³-hybridized carbons (Fsp3) is 0.667. The summed E-state index contributed by atoms with van der Waals surface area (Å²) >= 11 is 0. The summed E-state index contributed by atoms with van der Waals surface area (Å²) in [5, 5.41) is 3.04. The molecule has 0 aromatic heterocycles. The number of carbonyl (C=O) groups is 1. The fourth-order valence-corrected chi connectivity index (χ4v) is 4.86. The number of amides is 1. The van der Waals surface area contributed by atoms with Gasteiger partial charge in [0.1, 0.15) is 0 Å². The van der Waals surface area contributed by atoms with E-state index in [1.165, 1.54) is 26.0 Å². The molecule has 1 atom stereocenters. The summed E-state index contributed by atoms with van der Waals surface area (Å²) in [7, 11) is -2.23. The molecule has 0 bridgehead atoms. The van der Waals surface area contributed by atoms with Gasteiger partial charge in [-0.15, -0.1) is 0 Å². The Kier molecular flexibility index (Phi) is 7.65. The van der Waals surface area contributed by atoms with Gasteiger partial charge < -0.3 is 5.32 Å². The summed E-state index contributed by atoms with van der Waals surface area (Å²) in [5.41, 5.74) is 1.83. The molecule has 0 unspecified atom stereocenters. The summed E-state index contributed by atoms with van der Waals surface area (Å²) in [4.78, 5) is 15.4. The maximum Gasteiger partial charge on any atom is 0.251 e. The van der Waals surface area contributed by atoms with E-state index in [1.807, 2.05) is 6.92 Å². The Morgan fingerprint density at radius 2 is 1.82 bits per heavy atom. The average Bonchev–Trinajstić information content (AvgIpc) is 2.64. The van der Waals surface area contributed by atoms with E-state index in [2.05, 4.69) is 35.7 Å². The molecule has 0 saturated carbocycles. The van der Waals surface area contributed by atoms with Crippen LogP contribution in [0, 0.1) is 25.7 Å². The van der Waals surface area contributed by atoms with Crippen LogP contribution in [0.3, 0.4) is 0 Å². The number of hydrogen-bond acceptors (Lipinski definition) is 4. The monoisotopic (exact) mass is 409 g/mol. The number of nitrogens with zero attached hydrogens (tertiary/aromatic N) is 1. The molecule has 1 saturated heterocycles. The molecule has 2 N–H and O–H groups in total. The molecule has 0 radical (unpaired) electrons. The molecule has 1 aliphatic rings. The van der Waals surface area contributed by atoms with Crippen molar-refractivity contribution >= 4 is 15.9 Å². The van der Waals surface area contributed by atoms with E-state index in [4.69, 9.17) is 0 Å². The van der Waals surface area contributed by atoms with Gasteiger partial charge in [0.15, 0.2) is 0 Å². The quantitative estimate of drug-likeness (QED) is 0.726. The van der Waals surface area contributed by atoms with E-state index in [-0.39, 0.29) is 16.8 Å². The predicted molar refractivity (Wildman–Crippen MR) is 113 cm³/mol. The van der Waals surface area contributed by atoms with Crippen molar-refractivity contribution in [3.63, 3.8) is 0 Å². The molecule has 7 heteroatoms. The second kappa shape index (κ2) is 9.37. The number of sulfonamides is 1. The maximum absolute atomic E-state index is 12.8. The topological polar surface area (TPSA) is 78.5 Å².